The molecule has 2 aromatic rings. The maximum absolute atomic E-state index is 11.8. The molecule has 106 valence electrons. The monoisotopic (exact) mass is 294 g/mol. The average molecular weight is 294 g/mol. The van der Waals surface area contributed by atoms with Gasteiger partial charge in [-0.3, -0.25) is 0 Å². The molecule has 0 N–H and O–H groups in total. The Bertz CT molecular complexity index is 659. The van der Waals surface area contributed by atoms with Crippen LogP contribution in [0.4, 0.5) is 0 Å². The number of hydrogen-bond donors (Lipinski definition) is 0. The number of benzene rings is 1. The van der Waals surface area contributed by atoms with Crippen molar-refractivity contribution in [1.29, 1.82) is 0 Å². The van der Waals surface area contributed by atoms with E-state index in [2.05, 4.69) is 4.74 Å². The van der Waals surface area contributed by atoms with Crippen molar-refractivity contribution < 1.29 is 23.8 Å². The van der Waals surface area contributed by atoms with Crippen LogP contribution in [-0.4, -0.2) is 32.8 Å². The molecule has 5 nitrogen and oxygen atoms in total. The van der Waals surface area contributed by atoms with Gasteiger partial charge in [0.15, 0.2) is 17.2 Å². The Morgan fingerprint density at radius 1 is 1.20 bits per heavy atom. The fourth-order valence-electron chi connectivity index (χ4n) is 1.80. The van der Waals surface area contributed by atoms with E-state index >= 15 is 0 Å². The van der Waals surface area contributed by atoms with Crippen LogP contribution in [0.5, 0.6) is 5.75 Å². The summed E-state index contributed by atoms with van der Waals surface area (Å²) in [6, 6.07) is 5.66. The molecule has 0 saturated heterocycles. The van der Waals surface area contributed by atoms with E-state index < -0.39 is 11.9 Å². The van der Waals surface area contributed by atoms with Crippen molar-refractivity contribution in [1.82, 2.24) is 0 Å². The standard InChI is InChI=1S/C14H14O5S/c1-8-5-4-6-9-11(19-7-10(15)17-2)13(14(16)18-3)20-12(8)9/h4-6H,7H2,1-3H3. The van der Waals surface area contributed by atoms with Gasteiger partial charge in [0.05, 0.1) is 14.2 Å². The van der Waals surface area contributed by atoms with E-state index in [1.54, 1.807) is 0 Å². The molecule has 20 heavy (non-hydrogen) atoms. The topological polar surface area (TPSA) is 61.8 Å². The van der Waals surface area contributed by atoms with Crippen molar-refractivity contribution in [2.75, 3.05) is 20.8 Å². The van der Waals surface area contributed by atoms with Gasteiger partial charge in [-0.1, -0.05) is 12.1 Å². The smallest absolute Gasteiger partial charge is 0.351 e. The van der Waals surface area contributed by atoms with Crippen LogP contribution < -0.4 is 4.74 Å². The number of fused-ring (bicyclic) bond motifs is 1. The van der Waals surface area contributed by atoms with E-state index in [9.17, 15) is 9.59 Å². The summed E-state index contributed by atoms with van der Waals surface area (Å²) in [6.45, 7) is 1.70. The van der Waals surface area contributed by atoms with Crippen LogP contribution in [0.2, 0.25) is 0 Å². The third kappa shape index (κ3) is 2.60. The first-order valence-electron chi connectivity index (χ1n) is 5.88. The summed E-state index contributed by atoms with van der Waals surface area (Å²) >= 11 is 1.29. The first-order chi connectivity index (χ1) is 9.58. The molecule has 2 rings (SSSR count). The SMILES string of the molecule is COC(=O)COc1c(C(=O)OC)sc2c(C)cccc12. The summed E-state index contributed by atoms with van der Waals surface area (Å²) in [4.78, 5) is 23.4. The highest BCUT2D eigenvalue weighted by atomic mass is 32.1. The number of ether oxygens (including phenoxy) is 3. The number of aryl methyl sites for hydroxylation is 1. The van der Waals surface area contributed by atoms with Crippen LogP contribution in [-0.2, 0) is 14.3 Å². The second-order valence-electron chi connectivity index (χ2n) is 4.07. The van der Waals surface area contributed by atoms with Crippen molar-refractivity contribution in [3.63, 3.8) is 0 Å². The Balaban J connectivity index is 2.50. The van der Waals surface area contributed by atoms with Gasteiger partial charge >= 0.3 is 11.9 Å². The average Bonchev–Trinajstić information content (AvgIpc) is 2.84. The van der Waals surface area contributed by atoms with Crippen LogP contribution in [0.15, 0.2) is 18.2 Å². The number of carbonyl (C=O) groups is 2. The van der Waals surface area contributed by atoms with Crippen LogP contribution in [0.3, 0.4) is 0 Å². The van der Waals surface area contributed by atoms with E-state index in [1.807, 2.05) is 25.1 Å². The van der Waals surface area contributed by atoms with E-state index in [0.717, 1.165) is 15.6 Å². The lowest BCUT2D eigenvalue weighted by atomic mass is 10.1. The molecule has 0 aliphatic heterocycles. The predicted molar refractivity (Wildman–Crippen MR) is 75.4 cm³/mol. The third-order valence-electron chi connectivity index (χ3n) is 2.80. The summed E-state index contributed by atoms with van der Waals surface area (Å²) < 4.78 is 15.7. The fraction of sp³-hybridized carbons (Fsp3) is 0.286. The summed E-state index contributed by atoms with van der Waals surface area (Å²) in [5, 5.41) is 0.791. The lowest BCUT2D eigenvalue weighted by Crippen LogP contribution is -2.13. The summed E-state index contributed by atoms with van der Waals surface area (Å²) in [5.74, 6) is -0.621. The zero-order chi connectivity index (χ0) is 14.7. The molecule has 0 aliphatic rings. The predicted octanol–water partition coefficient (Wildman–Crippen LogP) is 2.55. The van der Waals surface area contributed by atoms with Crippen LogP contribution in [0.25, 0.3) is 10.1 Å². The highest BCUT2D eigenvalue weighted by Gasteiger charge is 2.22. The van der Waals surface area contributed by atoms with E-state index in [0.29, 0.717) is 10.6 Å². The third-order valence-corrected chi connectivity index (χ3v) is 4.10. The molecule has 0 atom stereocenters. The van der Waals surface area contributed by atoms with Crippen molar-refractivity contribution in [3.8, 4) is 5.75 Å². The Labute approximate surface area is 120 Å². The van der Waals surface area contributed by atoms with Crippen molar-refractivity contribution in [3.05, 3.63) is 28.6 Å². The molecule has 0 saturated carbocycles. The van der Waals surface area contributed by atoms with Crippen LogP contribution in [0, 0.1) is 6.92 Å². The largest absolute Gasteiger partial charge is 0.479 e. The number of methoxy groups -OCH3 is 2. The Morgan fingerprint density at radius 3 is 2.60 bits per heavy atom. The van der Waals surface area contributed by atoms with Crippen LogP contribution >= 0.6 is 11.3 Å². The number of carbonyl (C=O) groups excluding carboxylic acids is 2. The van der Waals surface area contributed by atoms with Gasteiger partial charge in [0.1, 0.15) is 0 Å². The zero-order valence-electron chi connectivity index (χ0n) is 11.4. The lowest BCUT2D eigenvalue weighted by Gasteiger charge is -2.06. The molecule has 0 spiro atoms. The first-order valence-corrected chi connectivity index (χ1v) is 6.70. The Kier molecular flexibility index (Phi) is 4.24. The molecule has 0 amide bonds. The summed E-state index contributed by atoms with van der Waals surface area (Å²) in [7, 11) is 2.59. The van der Waals surface area contributed by atoms with E-state index in [-0.39, 0.29) is 6.61 Å². The number of rotatable bonds is 4. The molecule has 0 radical (unpaired) electrons. The van der Waals surface area contributed by atoms with Gasteiger partial charge in [-0.25, -0.2) is 9.59 Å². The van der Waals surface area contributed by atoms with Gasteiger partial charge in [0.2, 0.25) is 0 Å². The van der Waals surface area contributed by atoms with Gasteiger partial charge in [0.25, 0.3) is 0 Å². The van der Waals surface area contributed by atoms with Gasteiger partial charge in [-0.2, -0.15) is 0 Å². The molecule has 0 aliphatic carbocycles. The minimum absolute atomic E-state index is 0.250. The van der Waals surface area contributed by atoms with Crippen molar-refractivity contribution in [2.24, 2.45) is 0 Å². The molecular weight excluding hydrogens is 280 g/mol. The zero-order valence-corrected chi connectivity index (χ0v) is 12.2. The highest BCUT2D eigenvalue weighted by Crippen LogP contribution is 2.39. The van der Waals surface area contributed by atoms with E-state index in [4.69, 9.17) is 9.47 Å². The minimum Gasteiger partial charge on any atom is -0.479 e. The Hall–Kier alpha value is -2.08. The highest BCUT2D eigenvalue weighted by molar-refractivity contribution is 7.21. The summed E-state index contributed by atoms with van der Waals surface area (Å²) in [5.41, 5.74) is 1.03. The van der Waals surface area contributed by atoms with Crippen molar-refractivity contribution >= 4 is 33.4 Å². The summed E-state index contributed by atoms with van der Waals surface area (Å²) in [6.07, 6.45) is 0. The molecule has 1 aromatic heterocycles. The Morgan fingerprint density at radius 2 is 1.95 bits per heavy atom. The maximum Gasteiger partial charge on any atom is 0.351 e. The number of esters is 2. The number of hydrogen-bond acceptors (Lipinski definition) is 6. The van der Waals surface area contributed by atoms with E-state index in [1.165, 1.54) is 25.6 Å². The molecule has 0 bridgehead atoms. The molecule has 1 heterocycles. The molecule has 0 fully saturated rings. The molecule has 1 aromatic carbocycles. The fourth-order valence-corrected chi connectivity index (χ4v) is 2.93. The molecule has 6 heteroatoms. The second kappa shape index (κ2) is 5.92. The van der Waals surface area contributed by atoms with Gasteiger partial charge in [-0.05, 0) is 18.6 Å². The normalized spacial score (nSPS) is 10.3. The van der Waals surface area contributed by atoms with Crippen molar-refractivity contribution in [2.45, 2.75) is 6.92 Å². The molecular formula is C14H14O5S. The first kappa shape index (κ1) is 14.3. The number of thiophene rings is 1. The van der Waals surface area contributed by atoms with Gasteiger partial charge in [-0.15, -0.1) is 11.3 Å². The maximum atomic E-state index is 11.8. The van der Waals surface area contributed by atoms with Crippen LogP contribution in [0.1, 0.15) is 15.2 Å². The van der Waals surface area contributed by atoms with Gasteiger partial charge in [0, 0.05) is 10.1 Å². The molecule has 0 unspecified atom stereocenters. The quantitative estimate of drug-likeness (QED) is 0.811. The lowest BCUT2D eigenvalue weighted by molar-refractivity contribution is -0.142. The minimum atomic E-state index is -0.507. The van der Waals surface area contributed by atoms with Gasteiger partial charge < -0.3 is 14.2 Å². The second-order valence-corrected chi connectivity index (χ2v) is 5.09.